The number of carboxylic acids is 2. The smallest absolute Gasteiger partial charge is 0.490 e. The molecule has 1 spiro atoms. The molecule has 2 aliphatic heterocycles. The molecule has 0 atom stereocenters. The molecule has 1 saturated heterocycles. The minimum absolute atomic E-state index is 0.0222. The number of aromatic nitrogens is 4. The van der Waals surface area contributed by atoms with E-state index in [1.807, 2.05) is 30.1 Å². The molecule has 2 N–H and O–H groups in total. The summed E-state index contributed by atoms with van der Waals surface area (Å²) in [4.78, 5) is 27.8. The van der Waals surface area contributed by atoms with E-state index in [9.17, 15) is 26.3 Å². The van der Waals surface area contributed by atoms with Crippen molar-refractivity contribution in [1.82, 2.24) is 29.1 Å². The number of aryl methyl sites for hydroxylation is 1. The Hall–Kier alpha value is -4.12. The number of hydrogen-bond acceptors (Lipinski definition) is 7. The number of alkyl halides is 6. The van der Waals surface area contributed by atoms with Crippen LogP contribution >= 0.6 is 0 Å². The van der Waals surface area contributed by atoms with Crippen molar-refractivity contribution >= 4 is 11.9 Å². The number of methoxy groups -OCH3 is 1. The van der Waals surface area contributed by atoms with Crippen LogP contribution in [0.15, 0.2) is 42.9 Å². The number of likely N-dealkylation sites (N-methyl/N-ethyl adjacent to an activating group) is 1. The van der Waals surface area contributed by atoms with Crippen LogP contribution in [0.5, 0.6) is 5.75 Å². The van der Waals surface area contributed by atoms with E-state index in [0.717, 1.165) is 51.3 Å². The van der Waals surface area contributed by atoms with Crippen LogP contribution in [0.4, 0.5) is 26.3 Å². The van der Waals surface area contributed by atoms with Crippen LogP contribution < -0.4 is 4.74 Å². The Morgan fingerprint density at radius 1 is 0.909 bits per heavy atom. The van der Waals surface area contributed by atoms with Gasteiger partial charge in [-0.25, -0.2) is 14.6 Å². The maximum atomic E-state index is 10.6. The number of ether oxygens (including phenoxy) is 1. The van der Waals surface area contributed by atoms with Gasteiger partial charge in [-0.05, 0) is 44.2 Å². The van der Waals surface area contributed by atoms with Crippen LogP contribution in [-0.2, 0) is 35.3 Å². The number of imidazole rings is 1. The number of halogens is 6. The zero-order valence-electron chi connectivity index (χ0n) is 24.1. The number of likely N-dealkylation sites (tertiary alicyclic amines) is 1. The monoisotopic (exact) mass is 634 g/mol. The second kappa shape index (κ2) is 13.7. The lowest BCUT2D eigenvalue weighted by Gasteiger charge is -2.49. The van der Waals surface area contributed by atoms with Crippen molar-refractivity contribution in [2.24, 2.45) is 7.05 Å². The highest BCUT2D eigenvalue weighted by atomic mass is 19.4. The maximum absolute atomic E-state index is 10.6. The third kappa shape index (κ3) is 8.28. The molecule has 4 heterocycles. The maximum Gasteiger partial charge on any atom is 0.490 e. The van der Waals surface area contributed by atoms with Crippen molar-refractivity contribution in [3.05, 3.63) is 54.2 Å². The van der Waals surface area contributed by atoms with Crippen LogP contribution in [0, 0.1) is 0 Å². The van der Waals surface area contributed by atoms with Gasteiger partial charge in [0.15, 0.2) is 0 Å². The first-order valence-corrected chi connectivity index (χ1v) is 13.2. The highest BCUT2D eigenvalue weighted by molar-refractivity contribution is 5.73. The average molecular weight is 635 g/mol. The Bertz CT molecular complexity index is 1390. The molecule has 0 bridgehead atoms. The number of carbonyl (C=O) groups is 2. The third-order valence-electron chi connectivity index (χ3n) is 7.38. The molecule has 242 valence electrons. The van der Waals surface area contributed by atoms with E-state index in [1.165, 1.54) is 22.6 Å². The second-order valence-corrected chi connectivity index (χ2v) is 10.2. The highest BCUT2D eigenvalue weighted by Crippen LogP contribution is 2.41. The number of aliphatic carboxylic acids is 2. The summed E-state index contributed by atoms with van der Waals surface area (Å²) in [5, 5.41) is 18.6. The first-order chi connectivity index (χ1) is 20.5. The van der Waals surface area contributed by atoms with Crippen LogP contribution in [-0.4, -0.2) is 97.4 Å². The summed E-state index contributed by atoms with van der Waals surface area (Å²) in [6, 6.07) is 8.31. The summed E-state index contributed by atoms with van der Waals surface area (Å²) in [5.74, 6) is -3.41. The minimum atomic E-state index is -5.08. The Morgan fingerprint density at radius 2 is 1.45 bits per heavy atom. The fourth-order valence-corrected chi connectivity index (χ4v) is 5.10. The SMILES string of the molecule is COc1ccc(-c2cnc3n2CCN(C)C32CCN(Cc3cnn(C)c3)CC2)cc1.O=C(O)C(F)(F)F.O=C(O)C(F)(F)F. The Kier molecular flexibility index (Phi) is 10.7. The van der Waals surface area contributed by atoms with Gasteiger partial charge >= 0.3 is 24.3 Å². The summed E-state index contributed by atoms with van der Waals surface area (Å²) in [7, 11) is 5.95. The molecular formula is C27H32F6N6O5. The fraction of sp³-hybridized carbons (Fsp3) is 0.481. The number of fused-ring (bicyclic) bond motifs is 2. The Morgan fingerprint density at radius 3 is 1.91 bits per heavy atom. The normalized spacial score (nSPS) is 16.7. The second-order valence-electron chi connectivity index (χ2n) is 10.2. The number of nitrogens with zero attached hydrogens (tertiary/aromatic N) is 6. The van der Waals surface area contributed by atoms with Gasteiger partial charge in [0.1, 0.15) is 11.6 Å². The van der Waals surface area contributed by atoms with Gasteiger partial charge in [-0.2, -0.15) is 31.4 Å². The zero-order valence-corrected chi connectivity index (χ0v) is 24.1. The van der Waals surface area contributed by atoms with E-state index in [1.54, 1.807) is 7.11 Å². The summed E-state index contributed by atoms with van der Waals surface area (Å²) in [6.07, 6.45) is -1.82. The predicted octanol–water partition coefficient (Wildman–Crippen LogP) is 4.00. The fourth-order valence-electron chi connectivity index (χ4n) is 5.10. The van der Waals surface area contributed by atoms with Gasteiger partial charge in [-0.15, -0.1) is 0 Å². The largest absolute Gasteiger partial charge is 0.497 e. The van der Waals surface area contributed by atoms with Gasteiger partial charge in [0.25, 0.3) is 0 Å². The molecule has 1 aromatic carbocycles. The molecule has 2 aliphatic rings. The van der Waals surface area contributed by atoms with Crippen molar-refractivity contribution in [2.75, 3.05) is 33.8 Å². The first-order valence-electron chi connectivity index (χ1n) is 13.2. The average Bonchev–Trinajstić information content (AvgIpc) is 3.58. The minimum Gasteiger partial charge on any atom is -0.497 e. The quantitative estimate of drug-likeness (QED) is 0.410. The molecule has 0 saturated carbocycles. The van der Waals surface area contributed by atoms with Gasteiger partial charge < -0.3 is 19.5 Å². The molecule has 0 amide bonds. The van der Waals surface area contributed by atoms with Crippen molar-refractivity contribution in [2.45, 2.75) is 43.8 Å². The van der Waals surface area contributed by atoms with Gasteiger partial charge in [0, 0.05) is 57.1 Å². The summed E-state index contributed by atoms with van der Waals surface area (Å²) in [6.45, 7) is 5.15. The lowest BCUT2D eigenvalue weighted by molar-refractivity contribution is -0.193. The molecule has 1 fully saturated rings. The standard InChI is InChI=1S/C23H30N6O.2C2HF3O2/c1-26-12-13-29-21(19-4-6-20(30-3)7-5-19)15-24-22(29)23(26)8-10-28(11-9-23)17-18-14-25-27(2)16-18;2*3-2(4,5)1(6)7/h4-7,14-16H,8-13,17H2,1-3H3;2*(H,6,7). The highest BCUT2D eigenvalue weighted by Gasteiger charge is 2.45. The van der Waals surface area contributed by atoms with Gasteiger partial charge in [-0.3, -0.25) is 14.5 Å². The van der Waals surface area contributed by atoms with E-state index >= 15 is 0 Å². The predicted molar refractivity (Wildman–Crippen MR) is 144 cm³/mol. The number of carboxylic acid groups (broad SMARTS) is 2. The molecule has 0 radical (unpaired) electrons. The number of benzene rings is 1. The van der Waals surface area contributed by atoms with E-state index in [-0.39, 0.29) is 5.54 Å². The zero-order chi connectivity index (χ0) is 32.9. The van der Waals surface area contributed by atoms with Gasteiger partial charge in [-0.1, -0.05) is 0 Å². The molecule has 17 heteroatoms. The topological polar surface area (TPSA) is 126 Å². The third-order valence-corrected chi connectivity index (χ3v) is 7.38. The molecule has 5 rings (SSSR count). The van der Waals surface area contributed by atoms with Gasteiger partial charge in [0.05, 0.1) is 30.7 Å². The van der Waals surface area contributed by atoms with Crippen LogP contribution in [0.1, 0.15) is 24.2 Å². The number of piperidine rings is 1. The molecule has 3 aromatic rings. The molecule has 44 heavy (non-hydrogen) atoms. The van der Waals surface area contributed by atoms with Crippen LogP contribution in [0.25, 0.3) is 11.3 Å². The van der Waals surface area contributed by atoms with Crippen molar-refractivity contribution in [3.63, 3.8) is 0 Å². The lowest BCUT2D eigenvalue weighted by atomic mass is 9.83. The van der Waals surface area contributed by atoms with E-state index < -0.39 is 24.3 Å². The van der Waals surface area contributed by atoms with Gasteiger partial charge in [0.2, 0.25) is 0 Å². The van der Waals surface area contributed by atoms with E-state index in [0.29, 0.717) is 0 Å². The molecule has 11 nitrogen and oxygen atoms in total. The molecule has 0 aliphatic carbocycles. The van der Waals surface area contributed by atoms with E-state index in [4.69, 9.17) is 29.5 Å². The summed E-state index contributed by atoms with van der Waals surface area (Å²) < 4.78 is 73.1. The lowest BCUT2D eigenvalue weighted by Crippen LogP contribution is -2.56. The van der Waals surface area contributed by atoms with Crippen molar-refractivity contribution < 1.29 is 50.9 Å². The number of hydrogen-bond donors (Lipinski definition) is 2. The molecular weight excluding hydrogens is 602 g/mol. The van der Waals surface area contributed by atoms with Crippen molar-refractivity contribution in [1.29, 1.82) is 0 Å². The Labute approximate surface area is 248 Å². The first kappa shape index (κ1) is 34.4. The number of rotatable bonds is 4. The summed E-state index contributed by atoms with van der Waals surface area (Å²) >= 11 is 0. The summed E-state index contributed by atoms with van der Waals surface area (Å²) in [5.41, 5.74) is 3.71. The molecule has 2 aromatic heterocycles. The Balaban J connectivity index is 0.000000317. The molecule has 0 unspecified atom stereocenters. The van der Waals surface area contributed by atoms with Crippen LogP contribution in [0.2, 0.25) is 0 Å². The van der Waals surface area contributed by atoms with Crippen LogP contribution in [0.3, 0.4) is 0 Å². The van der Waals surface area contributed by atoms with Crippen molar-refractivity contribution in [3.8, 4) is 17.0 Å². The van der Waals surface area contributed by atoms with E-state index in [2.05, 4.69) is 51.0 Å².